The third kappa shape index (κ3) is 3.13. The number of nitrogens with two attached hydrogens (primary N) is 2. The zero-order valence-electron chi connectivity index (χ0n) is 9.40. The van der Waals surface area contributed by atoms with Crippen LogP contribution in [0, 0.1) is 0 Å². The van der Waals surface area contributed by atoms with Gasteiger partial charge >= 0.3 is 0 Å². The highest BCUT2D eigenvalue weighted by Crippen LogP contribution is 2.29. The lowest BCUT2D eigenvalue weighted by molar-refractivity contribution is -0.119. The number of rotatable bonds is 5. The minimum absolute atomic E-state index is 0.0842. The van der Waals surface area contributed by atoms with Gasteiger partial charge in [-0.1, -0.05) is 6.07 Å². The molecule has 5 nitrogen and oxygen atoms in total. The summed E-state index contributed by atoms with van der Waals surface area (Å²) >= 11 is 0. The molecule has 1 atom stereocenters. The van der Waals surface area contributed by atoms with Gasteiger partial charge in [-0.2, -0.15) is 0 Å². The van der Waals surface area contributed by atoms with E-state index in [9.17, 15) is 4.79 Å². The molecular formula is C11H16N2O3. The molecule has 88 valence electrons. The van der Waals surface area contributed by atoms with Gasteiger partial charge in [0.1, 0.15) is 0 Å². The van der Waals surface area contributed by atoms with E-state index in [-0.39, 0.29) is 12.6 Å². The molecule has 0 aromatic heterocycles. The predicted molar refractivity (Wildman–Crippen MR) is 60.3 cm³/mol. The molecule has 0 saturated heterocycles. The summed E-state index contributed by atoms with van der Waals surface area (Å²) in [5.41, 5.74) is 11.7. The van der Waals surface area contributed by atoms with Gasteiger partial charge in [-0.05, 0) is 24.6 Å². The van der Waals surface area contributed by atoms with Crippen molar-refractivity contribution in [3.05, 3.63) is 23.8 Å². The maximum Gasteiger partial charge on any atom is 0.255 e. The zero-order chi connectivity index (χ0) is 12.1. The smallest absolute Gasteiger partial charge is 0.255 e. The van der Waals surface area contributed by atoms with Crippen molar-refractivity contribution in [1.29, 1.82) is 0 Å². The molecule has 1 rings (SSSR count). The van der Waals surface area contributed by atoms with E-state index in [0.29, 0.717) is 11.5 Å². The first kappa shape index (κ1) is 12.3. The number of methoxy groups -OCH3 is 1. The van der Waals surface area contributed by atoms with Crippen LogP contribution in [0.25, 0.3) is 0 Å². The van der Waals surface area contributed by atoms with Gasteiger partial charge in [0.15, 0.2) is 18.1 Å². The van der Waals surface area contributed by atoms with Crippen molar-refractivity contribution in [2.24, 2.45) is 11.5 Å². The summed E-state index contributed by atoms with van der Waals surface area (Å²) in [6.45, 7) is 1.70. The lowest BCUT2D eigenvalue weighted by atomic mass is 10.1. The molecule has 16 heavy (non-hydrogen) atoms. The number of benzene rings is 1. The SMILES string of the molecule is COc1cc([C@@H](C)N)ccc1OCC(N)=O. The van der Waals surface area contributed by atoms with Crippen LogP contribution < -0.4 is 20.9 Å². The fourth-order valence-electron chi connectivity index (χ4n) is 1.24. The molecule has 1 amide bonds. The van der Waals surface area contributed by atoms with E-state index in [1.807, 2.05) is 13.0 Å². The van der Waals surface area contributed by atoms with Gasteiger partial charge in [0.25, 0.3) is 5.91 Å². The van der Waals surface area contributed by atoms with Crippen molar-refractivity contribution >= 4 is 5.91 Å². The van der Waals surface area contributed by atoms with E-state index in [1.54, 1.807) is 12.1 Å². The Morgan fingerprint density at radius 3 is 2.62 bits per heavy atom. The van der Waals surface area contributed by atoms with Crippen molar-refractivity contribution in [3.63, 3.8) is 0 Å². The first-order valence-electron chi connectivity index (χ1n) is 4.89. The number of carbonyl (C=O) groups excluding carboxylic acids is 1. The van der Waals surface area contributed by atoms with E-state index in [0.717, 1.165) is 5.56 Å². The highest BCUT2D eigenvalue weighted by atomic mass is 16.5. The Labute approximate surface area is 94.3 Å². The summed E-state index contributed by atoms with van der Waals surface area (Å²) in [6.07, 6.45) is 0. The normalized spacial score (nSPS) is 11.9. The molecule has 0 fully saturated rings. The Kier molecular flexibility index (Phi) is 4.13. The minimum atomic E-state index is -0.529. The van der Waals surface area contributed by atoms with Crippen LogP contribution in [0.1, 0.15) is 18.5 Å². The van der Waals surface area contributed by atoms with E-state index in [2.05, 4.69) is 0 Å². The topological polar surface area (TPSA) is 87.6 Å². The van der Waals surface area contributed by atoms with Gasteiger partial charge in [-0.15, -0.1) is 0 Å². The Balaban J connectivity index is 2.88. The summed E-state index contributed by atoms with van der Waals surface area (Å²) in [5.74, 6) is 0.486. The average molecular weight is 224 g/mol. The molecule has 1 aromatic carbocycles. The number of primary amides is 1. The maximum atomic E-state index is 10.6. The fraction of sp³-hybridized carbons (Fsp3) is 0.364. The molecule has 0 aliphatic rings. The predicted octanol–water partition coefficient (Wildman–Crippen LogP) is 0.579. The van der Waals surface area contributed by atoms with Crippen LogP contribution in [0.5, 0.6) is 11.5 Å². The molecule has 0 spiro atoms. The molecule has 0 heterocycles. The number of carbonyl (C=O) groups is 1. The first-order valence-corrected chi connectivity index (χ1v) is 4.89. The Hall–Kier alpha value is -1.75. The fourth-order valence-corrected chi connectivity index (χ4v) is 1.24. The number of amides is 1. The van der Waals surface area contributed by atoms with Crippen molar-refractivity contribution in [2.45, 2.75) is 13.0 Å². The Morgan fingerprint density at radius 2 is 2.12 bits per heavy atom. The van der Waals surface area contributed by atoms with Crippen molar-refractivity contribution in [2.75, 3.05) is 13.7 Å². The van der Waals surface area contributed by atoms with E-state index < -0.39 is 5.91 Å². The molecule has 0 bridgehead atoms. The molecular weight excluding hydrogens is 208 g/mol. The summed E-state index contributed by atoms with van der Waals surface area (Å²) in [6, 6.07) is 5.23. The van der Waals surface area contributed by atoms with Crippen LogP contribution in [0.3, 0.4) is 0 Å². The van der Waals surface area contributed by atoms with Gasteiger partial charge in [0.05, 0.1) is 7.11 Å². The van der Waals surface area contributed by atoms with Gasteiger partial charge in [0.2, 0.25) is 0 Å². The molecule has 4 N–H and O–H groups in total. The zero-order valence-corrected chi connectivity index (χ0v) is 9.40. The first-order chi connectivity index (χ1) is 7.54. The van der Waals surface area contributed by atoms with Crippen LogP contribution in [0.4, 0.5) is 0 Å². The second kappa shape index (κ2) is 5.37. The van der Waals surface area contributed by atoms with Crippen LogP contribution in [0.2, 0.25) is 0 Å². The second-order valence-electron chi connectivity index (χ2n) is 3.45. The number of hydrogen-bond donors (Lipinski definition) is 2. The number of hydrogen-bond acceptors (Lipinski definition) is 4. The molecule has 0 saturated carbocycles. The van der Waals surface area contributed by atoms with Crippen molar-refractivity contribution < 1.29 is 14.3 Å². The quantitative estimate of drug-likeness (QED) is 0.765. The highest BCUT2D eigenvalue weighted by Gasteiger charge is 2.08. The highest BCUT2D eigenvalue weighted by molar-refractivity contribution is 5.75. The average Bonchev–Trinajstić information content (AvgIpc) is 2.25. The Bertz CT molecular complexity index is 377. The summed E-state index contributed by atoms with van der Waals surface area (Å²) in [7, 11) is 1.53. The van der Waals surface area contributed by atoms with Gasteiger partial charge in [0, 0.05) is 6.04 Å². The monoisotopic (exact) mass is 224 g/mol. The lowest BCUT2D eigenvalue weighted by Crippen LogP contribution is -2.20. The molecule has 1 aromatic rings. The molecule has 5 heteroatoms. The molecule has 0 aliphatic heterocycles. The van der Waals surface area contributed by atoms with Crippen molar-refractivity contribution in [1.82, 2.24) is 0 Å². The summed E-state index contributed by atoms with van der Waals surface area (Å²) in [5, 5.41) is 0. The van der Waals surface area contributed by atoms with E-state index in [4.69, 9.17) is 20.9 Å². The standard InChI is InChI=1S/C11H16N2O3/c1-7(12)8-3-4-9(10(5-8)15-2)16-6-11(13)14/h3-5,7H,6,12H2,1-2H3,(H2,13,14)/t7-/m1/s1. The van der Waals surface area contributed by atoms with E-state index in [1.165, 1.54) is 7.11 Å². The number of ether oxygens (including phenoxy) is 2. The minimum Gasteiger partial charge on any atom is -0.493 e. The van der Waals surface area contributed by atoms with Crippen LogP contribution >= 0.6 is 0 Å². The molecule has 0 unspecified atom stereocenters. The maximum absolute atomic E-state index is 10.6. The van der Waals surface area contributed by atoms with Crippen LogP contribution in [-0.2, 0) is 4.79 Å². The Morgan fingerprint density at radius 1 is 1.44 bits per heavy atom. The second-order valence-corrected chi connectivity index (χ2v) is 3.45. The van der Waals surface area contributed by atoms with Crippen LogP contribution in [-0.4, -0.2) is 19.6 Å². The molecule has 0 radical (unpaired) electrons. The third-order valence-corrected chi connectivity index (χ3v) is 2.08. The van der Waals surface area contributed by atoms with E-state index >= 15 is 0 Å². The van der Waals surface area contributed by atoms with Gasteiger partial charge in [-0.25, -0.2) is 0 Å². The molecule has 0 aliphatic carbocycles. The van der Waals surface area contributed by atoms with Crippen molar-refractivity contribution in [3.8, 4) is 11.5 Å². The van der Waals surface area contributed by atoms with Gasteiger partial charge in [-0.3, -0.25) is 4.79 Å². The summed E-state index contributed by atoms with van der Waals surface area (Å²) < 4.78 is 10.3. The van der Waals surface area contributed by atoms with Gasteiger partial charge < -0.3 is 20.9 Å². The van der Waals surface area contributed by atoms with Crippen LogP contribution in [0.15, 0.2) is 18.2 Å². The summed E-state index contributed by atoms with van der Waals surface area (Å²) in [4.78, 5) is 10.6. The largest absolute Gasteiger partial charge is 0.493 e. The third-order valence-electron chi connectivity index (χ3n) is 2.08. The lowest BCUT2D eigenvalue weighted by Gasteiger charge is -2.12.